The minimum Gasteiger partial charge on any atom is -0.475 e. The molecule has 36 heavy (non-hydrogen) atoms. The second-order valence-corrected chi connectivity index (χ2v) is 9.67. The Bertz CT molecular complexity index is 1140. The van der Waals surface area contributed by atoms with Crippen molar-refractivity contribution in [2.24, 2.45) is 0 Å². The number of carbonyl (C=O) groups excluding carboxylic acids is 1. The van der Waals surface area contributed by atoms with E-state index in [9.17, 15) is 18.0 Å². The van der Waals surface area contributed by atoms with Gasteiger partial charge in [-0.25, -0.2) is 4.79 Å². The van der Waals surface area contributed by atoms with Gasteiger partial charge in [-0.1, -0.05) is 6.07 Å². The first-order valence-corrected chi connectivity index (χ1v) is 11.7. The highest BCUT2D eigenvalue weighted by Crippen LogP contribution is 2.41. The predicted octanol–water partition coefficient (Wildman–Crippen LogP) is 3.45. The van der Waals surface area contributed by atoms with Gasteiger partial charge in [0.1, 0.15) is 0 Å². The van der Waals surface area contributed by atoms with Crippen LogP contribution in [0.2, 0.25) is 0 Å². The molecule has 2 aromatic rings. The monoisotopic (exact) mass is 510 g/mol. The molecular weight excluding hydrogens is 481 g/mol. The Balaban J connectivity index is 0.000000384. The van der Waals surface area contributed by atoms with E-state index in [1.807, 2.05) is 28.9 Å². The van der Waals surface area contributed by atoms with Crippen LogP contribution in [0.3, 0.4) is 0 Å². The van der Waals surface area contributed by atoms with Crippen LogP contribution in [0.25, 0.3) is 0 Å². The van der Waals surface area contributed by atoms with Crippen molar-refractivity contribution in [3.63, 3.8) is 0 Å². The molecule has 0 unspecified atom stereocenters. The Hall–Kier alpha value is -3.28. The maximum absolute atomic E-state index is 12.7. The summed E-state index contributed by atoms with van der Waals surface area (Å²) in [6, 6.07) is 6.45. The third-order valence-electron chi connectivity index (χ3n) is 6.78. The number of halogens is 3. The maximum Gasteiger partial charge on any atom is 0.490 e. The number of alkyl halides is 3. The Morgan fingerprint density at radius 1 is 1.19 bits per heavy atom. The molecular formula is C24H29F3N4O5. The molecule has 1 aromatic heterocycles. The highest BCUT2D eigenvalue weighted by molar-refractivity contribution is 5.96. The standard InChI is InChI=1S/C22H28N4O3.C2HF3O2/c1-15(2)26-12-17-20(23-26)22(13-24(3)21(17)27)6-8-25(9-7-22)11-16-4-5-18-19(10-16)29-14-28-18;3-2(4,5)1(6)7/h4-5,10,12,15H,6-9,11,13-14H2,1-3H3;(H,6,7). The molecule has 0 bridgehead atoms. The predicted molar refractivity (Wildman–Crippen MR) is 122 cm³/mol. The number of fused-ring (bicyclic) bond motifs is 3. The van der Waals surface area contributed by atoms with Crippen molar-refractivity contribution >= 4 is 11.9 Å². The van der Waals surface area contributed by atoms with E-state index in [1.54, 1.807) is 0 Å². The first kappa shape index (κ1) is 25.8. The molecule has 1 amide bonds. The van der Waals surface area contributed by atoms with Crippen molar-refractivity contribution in [1.29, 1.82) is 0 Å². The molecule has 1 N–H and O–H groups in total. The van der Waals surface area contributed by atoms with Gasteiger partial charge in [0.2, 0.25) is 6.79 Å². The van der Waals surface area contributed by atoms with Gasteiger partial charge in [-0.05, 0) is 57.5 Å². The minimum atomic E-state index is -5.08. The number of carboxylic acid groups (broad SMARTS) is 1. The number of carbonyl (C=O) groups is 2. The molecule has 1 saturated heterocycles. The van der Waals surface area contributed by atoms with Gasteiger partial charge in [0.15, 0.2) is 11.5 Å². The molecule has 4 heterocycles. The molecule has 0 radical (unpaired) electrons. The van der Waals surface area contributed by atoms with Crippen LogP contribution in [0.15, 0.2) is 24.4 Å². The number of likely N-dealkylation sites (N-methyl/N-ethyl adjacent to an activating group) is 1. The minimum absolute atomic E-state index is 0.0382. The molecule has 3 aliphatic heterocycles. The molecule has 196 valence electrons. The van der Waals surface area contributed by atoms with E-state index >= 15 is 0 Å². The van der Waals surface area contributed by atoms with E-state index in [2.05, 4.69) is 30.9 Å². The first-order valence-electron chi connectivity index (χ1n) is 11.7. The number of aliphatic carboxylic acids is 1. The van der Waals surface area contributed by atoms with Crippen molar-refractivity contribution in [1.82, 2.24) is 19.6 Å². The van der Waals surface area contributed by atoms with E-state index in [1.165, 1.54) is 5.56 Å². The second-order valence-electron chi connectivity index (χ2n) is 9.67. The van der Waals surface area contributed by atoms with Crippen molar-refractivity contribution in [3.8, 4) is 11.5 Å². The summed E-state index contributed by atoms with van der Waals surface area (Å²) in [4.78, 5) is 26.0. The molecule has 1 aromatic carbocycles. The molecule has 9 nitrogen and oxygen atoms in total. The Morgan fingerprint density at radius 3 is 2.44 bits per heavy atom. The quantitative estimate of drug-likeness (QED) is 0.676. The van der Waals surface area contributed by atoms with Crippen molar-refractivity contribution in [2.75, 3.05) is 33.5 Å². The number of carboxylic acids is 1. The number of nitrogens with zero attached hydrogens (tertiary/aromatic N) is 4. The van der Waals surface area contributed by atoms with Crippen LogP contribution >= 0.6 is 0 Å². The zero-order chi connectivity index (χ0) is 26.3. The van der Waals surface area contributed by atoms with Crippen LogP contribution in [0, 0.1) is 0 Å². The molecule has 1 fully saturated rings. The van der Waals surface area contributed by atoms with Gasteiger partial charge in [-0.3, -0.25) is 14.4 Å². The summed E-state index contributed by atoms with van der Waals surface area (Å²) in [5.41, 5.74) is 3.00. The van der Waals surface area contributed by atoms with E-state index in [0.717, 1.165) is 61.8 Å². The molecule has 0 saturated carbocycles. The molecule has 3 aliphatic rings. The zero-order valence-electron chi connectivity index (χ0n) is 20.3. The normalized spacial score (nSPS) is 18.8. The number of rotatable bonds is 3. The van der Waals surface area contributed by atoms with Crippen LogP contribution in [-0.4, -0.2) is 76.2 Å². The number of hydrogen-bond acceptors (Lipinski definition) is 6. The number of likely N-dealkylation sites (tertiary alicyclic amines) is 1. The third kappa shape index (κ3) is 5.13. The van der Waals surface area contributed by atoms with Gasteiger partial charge in [0, 0.05) is 37.8 Å². The average molecular weight is 511 g/mol. The summed E-state index contributed by atoms with van der Waals surface area (Å²) in [6.07, 6.45) is -1.12. The molecule has 0 atom stereocenters. The number of benzene rings is 1. The van der Waals surface area contributed by atoms with Gasteiger partial charge in [0.05, 0.1) is 11.3 Å². The van der Waals surface area contributed by atoms with E-state index in [-0.39, 0.29) is 17.4 Å². The average Bonchev–Trinajstić information content (AvgIpc) is 3.47. The SMILES string of the molecule is CC(C)n1cc2c(n1)C1(CCN(Cc3ccc4c(c3)OCO4)CC1)CN(C)C2=O.O=C(O)C(F)(F)F. The fraction of sp³-hybridized carbons (Fsp3) is 0.542. The smallest absolute Gasteiger partial charge is 0.475 e. The summed E-state index contributed by atoms with van der Waals surface area (Å²) in [7, 11) is 1.92. The lowest BCUT2D eigenvalue weighted by atomic mass is 9.72. The van der Waals surface area contributed by atoms with Crippen LogP contribution in [0.5, 0.6) is 11.5 Å². The van der Waals surface area contributed by atoms with Crippen LogP contribution in [-0.2, 0) is 16.8 Å². The van der Waals surface area contributed by atoms with Gasteiger partial charge in [-0.15, -0.1) is 0 Å². The van der Waals surface area contributed by atoms with Crippen LogP contribution < -0.4 is 9.47 Å². The van der Waals surface area contributed by atoms with Crippen LogP contribution in [0.4, 0.5) is 13.2 Å². The molecule has 1 spiro atoms. The summed E-state index contributed by atoms with van der Waals surface area (Å²) in [6.45, 7) is 8.15. The number of amides is 1. The topological polar surface area (TPSA) is 97.1 Å². The van der Waals surface area contributed by atoms with Crippen molar-refractivity contribution < 1.29 is 37.3 Å². The fourth-order valence-corrected chi connectivity index (χ4v) is 4.84. The molecule has 5 rings (SSSR count). The Labute approximate surface area is 206 Å². The Kier molecular flexibility index (Phi) is 6.91. The number of piperidine rings is 1. The maximum atomic E-state index is 12.7. The lowest BCUT2D eigenvalue weighted by molar-refractivity contribution is -0.192. The lowest BCUT2D eigenvalue weighted by Gasteiger charge is -2.45. The van der Waals surface area contributed by atoms with E-state index in [0.29, 0.717) is 6.79 Å². The number of aromatic nitrogens is 2. The fourth-order valence-electron chi connectivity index (χ4n) is 4.84. The first-order chi connectivity index (χ1) is 16.9. The van der Waals surface area contributed by atoms with Crippen molar-refractivity contribution in [3.05, 3.63) is 41.2 Å². The second kappa shape index (κ2) is 9.64. The van der Waals surface area contributed by atoms with Crippen molar-refractivity contribution in [2.45, 2.75) is 50.9 Å². The molecule has 0 aliphatic carbocycles. The zero-order valence-corrected chi connectivity index (χ0v) is 20.3. The van der Waals surface area contributed by atoms with E-state index in [4.69, 9.17) is 24.5 Å². The van der Waals surface area contributed by atoms with E-state index < -0.39 is 12.1 Å². The largest absolute Gasteiger partial charge is 0.490 e. The van der Waals surface area contributed by atoms with Gasteiger partial charge < -0.3 is 19.5 Å². The highest BCUT2D eigenvalue weighted by Gasteiger charge is 2.46. The highest BCUT2D eigenvalue weighted by atomic mass is 19.4. The summed E-state index contributed by atoms with van der Waals surface area (Å²) in [5, 5.41) is 12.0. The third-order valence-corrected chi connectivity index (χ3v) is 6.78. The number of hydrogen-bond donors (Lipinski definition) is 1. The summed E-state index contributed by atoms with van der Waals surface area (Å²) in [5.74, 6) is -0.991. The van der Waals surface area contributed by atoms with Gasteiger partial charge >= 0.3 is 12.1 Å². The van der Waals surface area contributed by atoms with Crippen LogP contribution in [0.1, 0.15) is 54.3 Å². The summed E-state index contributed by atoms with van der Waals surface area (Å²) >= 11 is 0. The Morgan fingerprint density at radius 2 is 1.83 bits per heavy atom. The van der Waals surface area contributed by atoms with Gasteiger partial charge in [0.25, 0.3) is 5.91 Å². The summed E-state index contributed by atoms with van der Waals surface area (Å²) < 4.78 is 44.6. The lowest BCUT2D eigenvalue weighted by Crippen LogP contribution is -2.53. The van der Waals surface area contributed by atoms with Gasteiger partial charge in [-0.2, -0.15) is 18.3 Å². The molecule has 12 heteroatoms. The number of ether oxygens (including phenoxy) is 2.